The Morgan fingerprint density at radius 1 is 1.56 bits per heavy atom. The Bertz CT molecular complexity index is 554. The number of anilines is 1. The molecular weight excluding hydrogens is 238 g/mol. The van der Waals surface area contributed by atoms with Crippen LogP contribution in [0.15, 0.2) is 12.3 Å². The number of nitrogens with zero attached hydrogens (tertiary/aromatic N) is 5. The molecule has 0 saturated carbocycles. The van der Waals surface area contributed by atoms with Gasteiger partial charge in [0.1, 0.15) is 12.0 Å². The van der Waals surface area contributed by atoms with Gasteiger partial charge in [-0.3, -0.25) is 10.1 Å². The Morgan fingerprint density at radius 3 is 2.89 bits per heavy atom. The first-order chi connectivity index (χ1) is 8.58. The fraction of sp³-hybridized carbons (Fsp3) is 0.333. The first kappa shape index (κ1) is 11.9. The summed E-state index contributed by atoms with van der Waals surface area (Å²) < 4.78 is 0. The summed E-state index contributed by atoms with van der Waals surface area (Å²) in [7, 11) is 0. The highest BCUT2D eigenvalue weighted by Gasteiger charge is 2.14. The molecule has 1 unspecified atom stereocenters. The summed E-state index contributed by atoms with van der Waals surface area (Å²) in [4.78, 5) is 14.1. The maximum atomic E-state index is 10.6. The summed E-state index contributed by atoms with van der Waals surface area (Å²) in [5.74, 6) is 1.05. The van der Waals surface area contributed by atoms with E-state index in [1.165, 1.54) is 12.3 Å². The topological polar surface area (TPSA) is 123 Å². The van der Waals surface area contributed by atoms with Gasteiger partial charge in [0.25, 0.3) is 5.69 Å². The SMILES string of the molecule is Cc1cc([N+](=O)[O-])cnc1NC(C)c1nn[nH]n1. The molecule has 0 aliphatic rings. The summed E-state index contributed by atoms with van der Waals surface area (Å²) in [6.07, 6.45) is 1.21. The van der Waals surface area contributed by atoms with Crippen molar-refractivity contribution >= 4 is 11.5 Å². The van der Waals surface area contributed by atoms with E-state index in [0.29, 0.717) is 17.2 Å². The van der Waals surface area contributed by atoms with Crippen molar-refractivity contribution in [1.82, 2.24) is 25.6 Å². The van der Waals surface area contributed by atoms with E-state index in [2.05, 4.69) is 30.9 Å². The van der Waals surface area contributed by atoms with Crippen LogP contribution in [-0.2, 0) is 0 Å². The molecule has 0 spiro atoms. The highest BCUT2D eigenvalue weighted by atomic mass is 16.6. The minimum atomic E-state index is -0.480. The van der Waals surface area contributed by atoms with Crippen LogP contribution in [0.25, 0.3) is 0 Å². The molecule has 0 aliphatic carbocycles. The van der Waals surface area contributed by atoms with Crippen LogP contribution in [0.2, 0.25) is 0 Å². The fourth-order valence-electron chi connectivity index (χ4n) is 1.43. The van der Waals surface area contributed by atoms with Gasteiger partial charge in [0.05, 0.1) is 11.0 Å². The molecule has 0 fully saturated rings. The highest BCUT2D eigenvalue weighted by molar-refractivity contribution is 5.48. The average molecular weight is 249 g/mol. The van der Waals surface area contributed by atoms with Gasteiger partial charge in [0.2, 0.25) is 0 Å². The standard InChI is InChI=1S/C9H11N7O2/c1-5-3-7(16(17)18)4-10-8(5)11-6(2)9-12-14-15-13-9/h3-4,6H,1-2H3,(H,10,11)(H,12,13,14,15). The summed E-state index contributed by atoms with van der Waals surface area (Å²) in [5, 5.41) is 27.1. The molecule has 9 nitrogen and oxygen atoms in total. The molecule has 2 N–H and O–H groups in total. The van der Waals surface area contributed by atoms with Gasteiger partial charge < -0.3 is 5.32 Å². The van der Waals surface area contributed by atoms with E-state index in [-0.39, 0.29) is 11.7 Å². The van der Waals surface area contributed by atoms with Gasteiger partial charge in [-0.2, -0.15) is 5.21 Å². The van der Waals surface area contributed by atoms with Gasteiger partial charge in [0, 0.05) is 6.07 Å². The molecule has 0 saturated heterocycles. The lowest BCUT2D eigenvalue weighted by molar-refractivity contribution is -0.385. The second kappa shape index (κ2) is 4.73. The molecule has 0 aliphatic heterocycles. The van der Waals surface area contributed by atoms with Crippen molar-refractivity contribution in [2.45, 2.75) is 19.9 Å². The van der Waals surface area contributed by atoms with E-state index in [4.69, 9.17) is 0 Å². The molecule has 1 atom stereocenters. The molecule has 0 amide bonds. The zero-order valence-corrected chi connectivity index (χ0v) is 9.78. The summed E-state index contributed by atoms with van der Waals surface area (Å²) >= 11 is 0. The van der Waals surface area contributed by atoms with Crippen LogP contribution in [0.3, 0.4) is 0 Å². The van der Waals surface area contributed by atoms with E-state index >= 15 is 0 Å². The maximum absolute atomic E-state index is 10.6. The predicted octanol–water partition coefficient (Wildman–Crippen LogP) is 0.984. The molecule has 0 bridgehead atoms. The number of aromatic amines is 1. The van der Waals surface area contributed by atoms with Gasteiger partial charge in [-0.1, -0.05) is 5.21 Å². The number of hydrogen-bond acceptors (Lipinski definition) is 7. The predicted molar refractivity (Wildman–Crippen MR) is 61.8 cm³/mol. The number of rotatable bonds is 4. The third kappa shape index (κ3) is 2.39. The Kier molecular flexibility index (Phi) is 3.13. The van der Waals surface area contributed by atoms with Crippen molar-refractivity contribution < 1.29 is 4.92 Å². The smallest absolute Gasteiger partial charge is 0.287 e. The third-order valence-electron chi connectivity index (χ3n) is 2.38. The molecule has 2 aromatic heterocycles. The van der Waals surface area contributed by atoms with Crippen LogP contribution in [0.5, 0.6) is 0 Å². The minimum Gasteiger partial charge on any atom is -0.360 e. The second-order valence-corrected chi connectivity index (χ2v) is 3.75. The van der Waals surface area contributed by atoms with Crippen molar-refractivity contribution in [3.63, 3.8) is 0 Å². The molecule has 18 heavy (non-hydrogen) atoms. The first-order valence-electron chi connectivity index (χ1n) is 5.19. The van der Waals surface area contributed by atoms with Crippen molar-refractivity contribution in [3.8, 4) is 0 Å². The lowest BCUT2D eigenvalue weighted by Crippen LogP contribution is -2.11. The number of pyridine rings is 1. The molecular formula is C9H11N7O2. The monoisotopic (exact) mass is 249 g/mol. The molecule has 0 aromatic carbocycles. The Balaban J connectivity index is 2.17. The number of nitro groups is 1. The summed E-state index contributed by atoms with van der Waals surface area (Å²) in [5.41, 5.74) is 0.643. The highest BCUT2D eigenvalue weighted by Crippen LogP contribution is 2.21. The zero-order valence-electron chi connectivity index (χ0n) is 9.78. The average Bonchev–Trinajstić information content (AvgIpc) is 2.85. The normalized spacial score (nSPS) is 12.1. The number of tetrazole rings is 1. The Morgan fingerprint density at radius 2 is 2.33 bits per heavy atom. The first-order valence-corrected chi connectivity index (χ1v) is 5.19. The maximum Gasteiger partial charge on any atom is 0.287 e. The Labute approximate surface area is 102 Å². The van der Waals surface area contributed by atoms with E-state index in [1.54, 1.807) is 6.92 Å². The van der Waals surface area contributed by atoms with E-state index < -0.39 is 4.92 Å². The summed E-state index contributed by atoms with van der Waals surface area (Å²) in [6, 6.07) is 1.26. The van der Waals surface area contributed by atoms with Crippen LogP contribution < -0.4 is 5.32 Å². The largest absolute Gasteiger partial charge is 0.360 e. The van der Waals surface area contributed by atoms with Crippen LogP contribution in [0, 0.1) is 17.0 Å². The molecule has 94 valence electrons. The molecule has 0 radical (unpaired) electrons. The van der Waals surface area contributed by atoms with Gasteiger partial charge >= 0.3 is 0 Å². The van der Waals surface area contributed by atoms with Crippen LogP contribution in [0.1, 0.15) is 24.4 Å². The number of aromatic nitrogens is 5. The van der Waals surface area contributed by atoms with Gasteiger partial charge in [-0.25, -0.2) is 4.98 Å². The molecule has 2 aromatic rings. The van der Waals surface area contributed by atoms with Crippen LogP contribution >= 0.6 is 0 Å². The lowest BCUT2D eigenvalue weighted by atomic mass is 10.2. The van der Waals surface area contributed by atoms with Crippen LogP contribution in [-0.4, -0.2) is 30.5 Å². The second-order valence-electron chi connectivity index (χ2n) is 3.75. The molecule has 9 heteroatoms. The van der Waals surface area contributed by atoms with Crippen molar-refractivity contribution in [3.05, 3.63) is 33.8 Å². The van der Waals surface area contributed by atoms with Gasteiger partial charge in [-0.05, 0) is 19.4 Å². The van der Waals surface area contributed by atoms with Crippen molar-refractivity contribution in [2.24, 2.45) is 0 Å². The van der Waals surface area contributed by atoms with Crippen LogP contribution in [0.4, 0.5) is 11.5 Å². The number of hydrogen-bond donors (Lipinski definition) is 2. The zero-order chi connectivity index (χ0) is 13.1. The quantitative estimate of drug-likeness (QED) is 0.611. The van der Waals surface area contributed by atoms with Gasteiger partial charge in [0.15, 0.2) is 5.82 Å². The third-order valence-corrected chi connectivity index (χ3v) is 2.38. The van der Waals surface area contributed by atoms with E-state index in [1.807, 2.05) is 6.92 Å². The lowest BCUT2D eigenvalue weighted by Gasteiger charge is -2.12. The van der Waals surface area contributed by atoms with E-state index in [0.717, 1.165) is 0 Å². The molecule has 2 heterocycles. The van der Waals surface area contributed by atoms with E-state index in [9.17, 15) is 10.1 Å². The number of H-pyrrole nitrogens is 1. The number of aryl methyl sites for hydroxylation is 1. The minimum absolute atomic E-state index is 0.0368. The fourth-order valence-corrected chi connectivity index (χ4v) is 1.43. The van der Waals surface area contributed by atoms with Crippen molar-refractivity contribution in [2.75, 3.05) is 5.32 Å². The number of nitrogens with one attached hydrogen (secondary N) is 2. The molecule has 2 rings (SSSR count). The Hall–Kier alpha value is -2.58. The van der Waals surface area contributed by atoms with Crippen molar-refractivity contribution in [1.29, 1.82) is 0 Å². The summed E-state index contributed by atoms with van der Waals surface area (Å²) in [6.45, 7) is 3.58. The van der Waals surface area contributed by atoms with Gasteiger partial charge in [-0.15, -0.1) is 10.2 Å².